The van der Waals surface area contributed by atoms with Crippen LogP contribution in [0.25, 0.3) is 10.9 Å². The van der Waals surface area contributed by atoms with Crippen LogP contribution in [0.1, 0.15) is 41.1 Å². The zero-order valence-corrected chi connectivity index (χ0v) is 11.9. The number of hydrogen-bond donors (Lipinski definition) is 1. The summed E-state index contributed by atoms with van der Waals surface area (Å²) in [4.78, 5) is 0. The van der Waals surface area contributed by atoms with E-state index in [4.69, 9.17) is 0 Å². The van der Waals surface area contributed by atoms with Crippen LogP contribution in [-0.4, -0.2) is 17.7 Å². The van der Waals surface area contributed by atoms with Gasteiger partial charge in [-0.25, -0.2) is 0 Å². The number of hydrogen-bond acceptors (Lipinski definition) is 1. The fraction of sp³-hybridized carbons (Fsp3) is 0.529. The Morgan fingerprint density at radius 3 is 2.95 bits per heavy atom. The maximum absolute atomic E-state index is 3.50. The Hall–Kier alpha value is -1.28. The van der Waals surface area contributed by atoms with E-state index in [1.807, 2.05) is 0 Å². The Bertz CT molecular complexity index is 645. The summed E-state index contributed by atoms with van der Waals surface area (Å²) in [7, 11) is 0. The van der Waals surface area contributed by atoms with Gasteiger partial charge in [-0.05, 0) is 68.3 Å². The Labute approximate surface area is 114 Å². The number of nitrogens with one attached hydrogen (secondary N) is 1. The van der Waals surface area contributed by atoms with E-state index in [9.17, 15) is 0 Å². The molecule has 0 bridgehead atoms. The van der Waals surface area contributed by atoms with Crippen molar-refractivity contribution in [2.24, 2.45) is 0 Å². The van der Waals surface area contributed by atoms with Crippen LogP contribution in [0.5, 0.6) is 0 Å². The summed E-state index contributed by atoms with van der Waals surface area (Å²) < 4.78 is 2.54. The maximum atomic E-state index is 3.50. The Morgan fingerprint density at radius 1 is 1.26 bits per heavy atom. The van der Waals surface area contributed by atoms with Crippen LogP contribution in [0.3, 0.4) is 0 Å². The van der Waals surface area contributed by atoms with Gasteiger partial charge in [-0.2, -0.15) is 0 Å². The molecule has 2 aliphatic heterocycles. The molecule has 1 saturated heterocycles. The van der Waals surface area contributed by atoms with E-state index < -0.39 is 0 Å². The first-order valence-corrected chi connectivity index (χ1v) is 7.58. The Balaban J connectivity index is 1.97. The molecule has 2 aliphatic rings. The van der Waals surface area contributed by atoms with Gasteiger partial charge in [-0.3, -0.25) is 0 Å². The summed E-state index contributed by atoms with van der Waals surface area (Å²) in [5, 5.41) is 5.01. The molecule has 1 aromatic heterocycles. The van der Waals surface area contributed by atoms with Crippen molar-refractivity contribution < 1.29 is 0 Å². The molecule has 1 unspecified atom stereocenters. The monoisotopic (exact) mass is 254 g/mol. The molecular formula is C17H22N2. The van der Waals surface area contributed by atoms with E-state index >= 15 is 0 Å². The van der Waals surface area contributed by atoms with E-state index in [2.05, 4.69) is 35.9 Å². The SMILES string of the molecule is Cc1c(C)n2c3c(cc(C4CCNC4)cc13)CCC2. The minimum Gasteiger partial charge on any atom is -0.344 e. The van der Waals surface area contributed by atoms with Crippen molar-refractivity contribution in [2.45, 2.75) is 45.6 Å². The molecule has 19 heavy (non-hydrogen) atoms. The van der Waals surface area contributed by atoms with E-state index in [1.165, 1.54) is 54.5 Å². The fourth-order valence-corrected chi connectivity index (χ4v) is 3.96. The summed E-state index contributed by atoms with van der Waals surface area (Å²) in [5.74, 6) is 0.727. The Kier molecular flexibility index (Phi) is 2.49. The highest BCUT2D eigenvalue weighted by molar-refractivity contribution is 5.89. The molecule has 1 aromatic carbocycles. The predicted molar refractivity (Wildman–Crippen MR) is 80.0 cm³/mol. The molecule has 1 N–H and O–H groups in total. The van der Waals surface area contributed by atoms with Gasteiger partial charge < -0.3 is 9.88 Å². The highest BCUT2D eigenvalue weighted by atomic mass is 15.0. The van der Waals surface area contributed by atoms with Crippen LogP contribution in [0, 0.1) is 13.8 Å². The minimum atomic E-state index is 0.727. The van der Waals surface area contributed by atoms with Crippen molar-refractivity contribution in [3.05, 3.63) is 34.5 Å². The molecule has 2 heteroatoms. The van der Waals surface area contributed by atoms with Crippen molar-refractivity contribution in [1.29, 1.82) is 0 Å². The van der Waals surface area contributed by atoms with Crippen LogP contribution in [-0.2, 0) is 13.0 Å². The third-order valence-electron chi connectivity index (χ3n) is 5.19. The molecule has 100 valence electrons. The summed E-state index contributed by atoms with van der Waals surface area (Å²) in [5.41, 5.74) is 7.64. The Morgan fingerprint density at radius 2 is 2.16 bits per heavy atom. The molecule has 0 radical (unpaired) electrons. The van der Waals surface area contributed by atoms with Gasteiger partial charge in [0.25, 0.3) is 0 Å². The molecule has 2 aromatic rings. The topological polar surface area (TPSA) is 17.0 Å². The van der Waals surface area contributed by atoms with Crippen molar-refractivity contribution in [2.75, 3.05) is 13.1 Å². The standard InChI is InChI=1S/C17H22N2/c1-11-12(2)19-7-3-4-13-8-15(9-16(11)17(13)19)14-5-6-18-10-14/h8-9,14,18H,3-7,10H2,1-2H3. The third-order valence-corrected chi connectivity index (χ3v) is 5.19. The average Bonchev–Trinajstić information content (AvgIpc) is 3.04. The van der Waals surface area contributed by atoms with E-state index in [1.54, 1.807) is 11.1 Å². The summed E-state index contributed by atoms with van der Waals surface area (Å²) in [6.07, 6.45) is 3.85. The van der Waals surface area contributed by atoms with Crippen LogP contribution in [0.15, 0.2) is 12.1 Å². The van der Waals surface area contributed by atoms with Gasteiger partial charge in [-0.1, -0.05) is 6.07 Å². The van der Waals surface area contributed by atoms with Gasteiger partial charge >= 0.3 is 0 Å². The normalized spacial score (nSPS) is 22.3. The second kappa shape index (κ2) is 4.11. The molecule has 0 spiro atoms. The minimum absolute atomic E-state index is 0.727. The second-order valence-electron chi connectivity index (χ2n) is 6.23. The van der Waals surface area contributed by atoms with Crippen molar-refractivity contribution >= 4 is 10.9 Å². The van der Waals surface area contributed by atoms with Crippen molar-refractivity contribution in [3.63, 3.8) is 0 Å². The number of rotatable bonds is 1. The fourth-order valence-electron chi connectivity index (χ4n) is 3.96. The van der Waals surface area contributed by atoms with Crippen LogP contribution in [0.2, 0.25) is 0 Å². The van der Waals surface area contributed by atoms with Crippen molar-refractivity contribution in [3.8, 4) is 0 Å². The van der Waals surface area contributed by atoms with E-state index in [0.717, 1.165) is 12.5 Å². The highest BCUT2D eigenvalue weighted by Crippen LogP contribution is 2.36. The molecule has 1 atom stereocenters. The lowest BCUT2D eigenvalue weighted by Gasteiger charge is -2.19. The first-order chi connectivity index (χ1) is 9.25. The van der Waals surface area contributed by atoms with Gasteiger partial charge in [0, 0.05) is 24.2 Å². The smallest absolute Gasteiger partial charge is 0.0517 e. The quantitative estimate of drug-likeness (QED) is 0.826. The summed E-state index contributed by atoms with van der Waals surface area (Å²) >= 11 is 0. The summed E-state index contributed by atoms with van der Waals surface area (Å²) in [6.45, 7) is 8.11. The molecule has 2 nitrogen and oxygen atoms in total. The van der Waals surface area contributed by atoms with Crippen LogP contribution >= 0.6 is 0 Å². The van der Waals surface area contributed by atoms with Crippen LogP contribution in [0.4, 0.5) is 0 Å². The summed E-state index contributed by atoms with van der Waals surface area (Å²) in [6, 6.07) is 4.97. The third kappa shape index (κ3) is 1.59. The van der Waals surface area contributed by atoms with Gasteiger partial charge in [-0.15, -0.1) is 0 Å². The van der Waals surface area contributed by atoms with E-state index in [0.29, 0.717) is 0 Å². The molecule has 0 aliphatic carbocycles. The number of aryl methyl sites for hydroxylation is 3. The van der Waals surface area contributed by atoms with Crippen molar-refractivity contribution in [1.82, 2.24) is 9.88 Å². The largest absolute Gasteiger partial charge is 0.344 e. The highest BCUT2D eigenvalue weighted by Gasteiger charge is 2.22. The van der Waals surface area contributed by atoms with Gasteiger partial charge in [0.1, 0.15) is 0 Å². The first kappa shape index (κ1) is 11.5. The zero-order chi connectivity index (χ0) is 13.0. The number of aromatic nitrogens is 1. The first-order valence-electron chi connectivity index (χ1n) is 7.58. The molecule has 0 saturated carbocycles. The zero-order valence-electron chi connectivity index (χ0n) is 11.9. The van der Waals surface area contributed by atoms with Gasteiger partial charge in [0.2, 0.25) is 0 Å². The number of benzene rings is 1. The van der Waals surface area contributed by atoms with Gasteiger partial charge in [0.05, 0.1) is 5.52 Å². The maximum Gasteiger partial charge on any atom is 0.0517 e. The molecule has 1 fully saturated rings. The number of nitrogens with zero attached hydrogens (tertiary/aromatic N) is 1. The van der Waals surface area contributed by atoms with E-state index in [-0.39, 0.29) is 0 Å². The average molecular weight is 254 g/mol. The second-order valence-corrected chi connectivity index (χ2v) is 6.23. The lowest BCUT2D eigenvalue weighted by Crippen LogP contribution is -2.11. The molecule has 0 amide bonds. The van der Waals surface area contributed by atoms with Crippen LogP contribution < -0.4 is 5.32 Å². The lowest BCUT2D eigenvalue weighted by atomic mass is 9.92. The predicted octanol–water partition coefficient (Wildman–Crippen LogP) is 3.28. The molecule has 4 rings (SSSR count). The van der Waals surface area contributed by atoms with Gasteiger partial charge in [0.15, 0.2) is 0 Å². The lowest BCUT2D eigenvalue weighted by molar-refractivity contribution is 0.621. The molecule has 3 heterocycles. The molecular weight excluding hydrogens is 232 g/mol.